The van der Waals surface area contributed by atoms with Crippen molar-refractivity contribution in [1.82, 2.24) is 5.32 Å². The SMILES string of the molecule is NC(=O)NCc1ccc(C(=O)Nc2ccccc2)cc1. The standard InChI is InChI=1S/C15H15N3O2/c16-15(20)17-10-11-6-8-12(9-7-11)14(19)18-13-4-2-1-3-5-13/h1-9H,10H2,(H,18,19)(H3,16,17,20). The van der Waals surface area contributed by atoms with E-state index in [4.69, 9.17) is 5.73 Å². The molecule has 0 fully saturated rings. The number of nitrogens with one attached hydrogen (secondary N) is 2. The van der Waals surface area contributed by atoms with E-state index in [0.717, 1.165) is 11.3 Å². The monoisotopic (exact) mass is 269 g/mol. The minimum Gasteiger partial charge on any atom is -0.352 e. The predicted octanol–water partition coefficient (Wildman–Crippen LogP) is 2.11. The van der Waals surface area contributed by atoms with Crippen molar-refractivity contribution >= 4 is 17.6 Å². The Kier molecular flexibility index (Phi) is 4.34. The molecule has 5 heteroatoms. The van der Waals surface area contributed by atoms with Crippen LogP contribution in [0.1, 0.15) is 15.9 Å². The number of nitrogens with two attached hydrogens (primary N) is 1. The Balaban J connectivity index is 1.99. The van der Waals surface area contributed by atoms with E-state index in [2.05, 4.69) is 10.6 Å². The highest BCUT2D eigenvalue weighted by molar-refractivity contribution is 6.04. The molecule has 2 rings (SSSR count). The van der Waals surface area contributed by atoms with Gasteiger partial charge >= 0.3 is 6.03 Å². The number of benzene rings is 2. The largest absolute Gasteiger partial charge is 0.352 e. The number of para-hydroxylation sites is 1. The number of hydrogen-bond donors (Lipinski definition) is 3. The van der Waals surface area contributed by atoms with Crippen LogP contribution in [0.3, 0.4) is 0 Å². The molecule has 4 N–H and O–H groups in total. The first-order valence-corrected chi connectivity index (χ1v) is 6.14. The van der Waals surface area contributed by atoms with Crippen molar-refractivity contribution in [2.24, 2.45) is 5.73 Å². The molecular weight excluding hydrogens is 254 g/mol. The molecular formula is C15H15N3O2. The molecule has 20 heavy (non-hydrogen) atoms. The van der Waals surface area contributed by atoms with Crippen LogP contribution in [-0.2, 0) is 6.54 Å². The third-order valence-electron chi connectivity index (χ3n) is 2.71. The Hall–Kier alpha value is -2.82. The highest BCUT2D eigenvalue weighted by Gasteiger charge is 2.05. The molecule has 0 bridgehead atoms. The van der Waals surface area contributed by atoms with Gasteiger partial charge in [0.1, 0.15) is 0 Å². The summed E-state index contributed by atoms with van der Waals surface area (Å²) in [6.45, 7) is 0.343. The molecule has 0 heterocycles. The first-order chi connectivity index (χ1) is 9.65. The molecule has 0 spiro atoms. The second-order valence-electron chi connectivity index (χ2n) is 4.23. The highest BCUT2D eigenvalue weighted by atomic mass is 16.2. The maximum Gasteiger partial charge on any atom is 0.312 e. The summed E-state index contributed by atoms with van der Waals surface area (Å²) in [6, 6.07) is 15.6. The van der Waals surface area contributed by atoms with Crippen molar-refractivity contribution in [3.8, 4) is 0 Å². The van der Waals surface area contributed by atoms with Gasteiger partial charge in [-0.2, -0.15) is 0 Å². The van der Waals surface area contributed by atoms with Crippen molar-refractivity contribution in [3.05, 3.63) is 65.7 Å². The summed E-state index contributed by atoms with van der Waals surface area (Å²) in [7, 11) is 0. The van der Waals surface area contributed by atoms with Crippen molar-refractivity contribution < 1.29 is 9.59 Å². The van der Waals surface area contributed by atoms with E-state index < -0.39 is 6.03 Å². The lowest BCUT2D eigenvalue weighted by Crippen LogP contribution is -2.28. The van der Waals surface area contributed by atoms with Gasteiger partial charge in [0, 0.05) is 17.8 Å². The maximum absolute atomic E-state index is 12.0. The van der Waals surface area contributed by atoms with Crippen molar-refractivity contribution in [3.63, 3.8) is 0 Å². The molecule has 3 amide bonds. The lowest BCUT2D eigenvalue weighted by atomic mass is 10.1. The fourth-order valence-electron chi connectivity index (χ4n) is 1.69. The molecule has 2 aromatic rings. The number of anilines is 1. The third kappa shape index (κ3) is 3.84. The van der Waals surface area contributed by atoms with Gasteiger partial charge in [-0.05, 0) is 29.8 Å². The van der Waals surface area contributed by atoms with E-state index in [0.29, 0.717) is 12.1 Å². The third-order valence-corrected chi connectivity index (χ3v) is 2.71. The van der Waals surface area contributed by atoms with E-state index in [1.807, 2.05) is 30.3 Å². The van der Waals surface area contributed by atoms with Crippen LogP contribution in [0, 0.1) is 0 Å². The number of hydrogen-bond acceptors (Lipinski definition) is 2. The molecule has 2 aromatic carbocycles. The molecule has 5 nitrogen and oxygen atoms in total. The zero-order valence-corrected chi connectivity index (χ0v) is 10.8. The van der Waals surface area contributed by atoms with Gasteiger partial charge in [-0.25, -0.2) is 4.79 Å². The number of primary amides is 1. The van der Waals surface area contributed by atoms with Crippen LogP contribution in [0.4, 0.5) is 10.5 Å². The molecule has 0 saturated carbocycles. The predicted molar refractivity (Wildman–Crippen MR) is 77.3 cm³/mol. The lowest BCUT2D eigenvalue weighted by molar-refractivity contribution is 0.102. The van der Waals surface area contributed by atoms with Crippen molar-refractivity contribution in [2.45, 2.75) is 6.54 Å². The van der Waals surface area contributed by atoms with Gasteiger partial charge in [0.25, 0.3) is 5.91 Å². The minimum absolute atomic E-state index is 0.175. The second kappa shape index (κ2) is 6.38. The van der Waals surface area contributed by atoms with Gasteiger partial charge < -0.3 is 16.4 Å². The highest BCUT2D eigenvalue weighted by Crippen LogP contribution is 2.09. The Bertz CT molecular complexity index is 594. The van der Waals surface area contributed by atoms with Crippen LogP contribution in [-0.4, -0.2) is 11.9 Å². The molecule has 0 saturated heterocycles. The fraction of sp³-hybridized carbons (Fsp3) is 0.0667. The molecule has 0 aromatic heterocycles. The Morgan fingerprint density at radius 2 is 1.60 bits per heavy atom. The van der Waals surface area contributed by atoms with Crippen LogP contribution in [0.2, 0.25) is 0 Å². The molecule has 0 aliphatic heterocycles. The van der Waals surface area contributed by atoms with Crippen LogP contribution in [0.5, 0.6) is 0 Å². The quantitative estimate of drug-likeness (QED) is 0.794. The first kappa shape index (κ1) is 13.6. The van der Waals surface area contributed by atoms with Crippen LogP contribution in [0.25, 0.3) is 0 Å². The van der Waals surface area contributed by atoms with Crippen LogP contribution in [0.15, 0.2) is 54.6 Å². The smallest absolute Gasteiger partial charge is 0.312 e. The fourth-order valence-corrected chi connectivity index (χ4v) is 1.69. The summed E-state index contributed by atoms with van der Waals surface area (Å²) in [5.41, 5.74) is 7.16. The zero-order chi connectivity index (χ0) is 14.4. The summed E-state index contributed by atoms with van der Waals surface area (Å²) >= 11 is 0. The molecule has 102 valence electrons. The maximum atomic E-state index is 12.0. The molecule has 0 radical (unpaired) electrons. The summed E-state index contributed by atoms with van der Waals surface area (Å²) in [5.74, 6) is -0.175. The summed E-state index contributed by atoms with van der Waals surface area (Å²) < 4.78 is 0. The summed E-state index contributed by atoms with van der Waals surface area (Å²) in [6.07, 6.45) is 0. The van der Waals surface area contributed by atoms with Gasteiger partial charge in [0.2, 0.25) is 0 Å². The van der Waals surface area contributed by atoms with E-state index >= 15 is 0 Å². The number of carbonyl (C=O) groups is 2. The molecule has 0 aliphatic rings. The Labute approximate surface area is 116 Å². The topological polar surface area (TPSA) is 84.2 Å². The summed E-state index contributed by atoms with van der Waals surface area (Å²) in [5, 5.41) is 5.29. The van der Waals surface area contributed by atoms with Crippen LogP contribution < -0.4 is 16.4 Å². The number of rotatable bonds is 4. The van der Waals surface area contributed by atoms with Gasteiger partial charge in [-0.1, -0.05) is 30.3 Å². The number of amides is 3. The summed E-state index contributed by atoms with van der Waals surface area (Å²) in [4.78, 5) is 22.6. The van der Waals surface area contributed by atoms with E-state index in [9.17, 15) is 9.59 Å². The normalized spacial score (nSPS) is 9.80. The first-order valence-electron chi connectivity index (χ1n) is 6.14. The van der Waals surface area contributed by atoms with Gasteiger partial charge in [0.05, 0.1) is 0 Å². The van der Waals surface area contributed by atoms with Gasteiger partial charge in [0.15, 0.2) is 0 Å². The van der Waals surface area contributed by atoms with Crippen molar-refractivity contribution in [1.29, 1.82) is 0 Å². The molecule has 0 unspecified atom stereocenters. The average Bonchev–Trinajstić information content (AvgIpc) is 2.46. The number of urea groups is 1. The molecule has 0 atom stereocenters. The second-order valence-corrected chi connectivity index (χ2v) is 4.23. The van der Waals surface area contributed by atoms with Crippen molar-refractivity contribution in [2.75, 3.05) is 5.32 Å². The Morgan fingerprint density at radius 1 is 0.950 bits per heavy atom. The molecule has 0 aliphatic carbocycles. The van der Waals surface area contributed by atoms with E-state index in [1.165, 1.54) is 0 Å². The zero-order valence-electron chi connectivity index (χ0n) is 10.8. The van der Waals surface area contributed by atoms with Crippen LogP contribution >= 0.6 is 0 Å². The Morgan fingerprint density at radius 3 is 2.20 bits per heavy atom. The minimum atomic E-state index is -0.573. The average molecular weight is 269 g/mol. The van der Waals surface area contributed by atoms with Gasteiger partial charge in [-0.3, -0.25) is 4.79 Å². The van der Waals surface area contributed by atoms with E-state index in [1.54, 1.807) is 24.3 Å². The number of carbonyl (C=O) groups excluding carboxylic acids is 2. The van der Waals surface area contributed by atoms with E-state index in [-0.39, 0.29) is 5.91 Å². The lowest BCUT2D eigenvalue weighted by Gasteiger charge is -2.06. The van der Waals surface area contributed by atoms with Gasteiger partial charge in [-0.15, -0.1) is 0 Å².